The molecule has 2 aromatic heterocycles. The third-order valence-corrected chi connectivity index (χ3v) is 5.48. The Balaban J connectivity index is 1.43. The summed E-state index contributed by atoms with van der Waals surface area (Å²) in [4.78, 5) is 34.7. The van der Waals surface area contributed by atoms with Crippen LogP contribution in [-0.2, 0) is 16.1 Å². The van der Waals surface area contributed by atoms with Crippen molar-refractivity contribution in [2.45, 2.75) is 31.8 Å². The van der Waals surface area contributed by atoms with E-state index in [1.54, 1.807) is 41.7 Å². The van der Waals surface area contributed by atoms with Gasteiger partial charge in [0.25, 0.3) is 0 Å². The Hall–Kier alpha value is -3.74. The topological polar surface area (TPSA) is 84.4 Å². The molecule has 0 spiro atoms. The minimum atomic E-state index is -0.248. The molecule has 0 radical (unpaired) electrons. The predicted octanol–water partition coefficient (Wildman–Crippen LogP) is 3.83. The molecule has 1 amide bonds. The Morgan fingerprint density at radius 1 is 1.06 bits per heavy atom. The fraction of sp³-hybridized carbons (Fsp3) is 0.250. The monoisotopic (exact) mass is 416 g/mol. The molecular formula is C24H24N4O3. The molecule has 1 aliphatic rings. The number of benzene rings is 1. The van der Waals surface area contributed by atoms with E-state index in [-0.39, 0.29) is 17.9 Å². The molecule has 7 heteroatoms. The summed E-state index contributed by atoms with van der Waals surface area (Å²) in [6.07, 6.45) is 7.96. The largest absolute Gasteiger partial charge is 0.426 e. The Morgan fingerprint density at radius 2 is 1.87 bits per heavy atom. The molecule has 31 heavy (non-hydrogen) atoms. The number of carbonyl (C=O) groups excluding carboxylic acids is 2. The molecule has 3 aromatic rings. The molecule has 0 aliphatic heterocycles. The molecule has 1 fully saturated rings. The number of hydrogen-bond donors (Lipinski definition) is 1. The van der Waals surface area contributed by atoms with E-state index in [2.05, 4.69) is 15.3 Å². The molecule has 4 rings (SSSR count). The van der Waals surface area contributed by atoms with Gasteiger partial charge in [-0.15, -0.1) is 0 Å². The van der Waals surface area contributed by atoms with Crippen LogP contribution in [0.4, 0.5) is 11.5 Å². The number of hydrogen-bond acceptors (Lipinski definition) is 6. The summed E-state index contributed by atoms with van der Waals surface area (Å²) in [5.74, 6) is 0.680. The molecule has 2 unspecified atom stereocenters. The van der Waals surface area contributed by atoms with Crippen molar-refractivity contribution in [2.75, 3.05) is 10.2 Å². The Kier molecular flexibility index (Phi) is 6.52. The molecule has 1 saturated carbocycles. The van der Waals surface area contributed by atoms with Crippen LogP contribution in [0.25, 0.3) is 0 Å². The van der Waals surface area contributed by atoms with Gasteiger partial charge >= 0.3 is 5.97 Å². The van der Waals surface area contributed by atoms with Gasteiger partial charge in [-0.2, -0.15) is 0 Å². The van der Waals surface area contributed by atoms with Crippen LogP contribution in [-0.4, -0.2) is 28.4 Å². The summed E-state index contributed by atoms with van der Waals surface area (Å²) in [6, 6.07) is 16.5. The van der Waals surface area contributed by atoms with Crippen molar-refractivity contribution in [1.82, 2.24) is 9.97 Å². The molecule has 0 bridgehead atoms. The number of amides is 1. The van der Waals surface area contributed by atoms with Crippen LogP contribution in [0.1, 0.15) is 24.8 Å². The quantitative estimate of drug-likeness (QED) is 0.341. The van der Waals surface area contributed by atoms with Crippen molar-refractivity contribution >= 4 is 23.9 Å². The minimum Gasteiger partial charge on any atom is -0.426 e. The second-order valence-electron chi connectivity index (χ2n) is 7.49. The molecule has 2 heterocycles. The van der Waals surface area contributed by atoms with Crippen LogP contribution < -0.4 is 15.0 Å². The molecule has 0 saturated heterocycles. The maximum absolute atomic E-state index is 12.6. The minimum absolute atomic E-state index is 0.0866. The molecule has 2 atom stereocenters. The predicted molar refractivity (Wildman–Crippen MR) is 118 cm³/mol. The Labute approximate surface area is 181 Å². The van der Waals surface area contributed by atoms with Crippen LogP contribution >= 0.6 is 0 Å². The Morgan fingerprint density at radius 3 is 2.65 bits per heavy atom. The van der Waals surface area contributed by atoms with Crippen molar-refractivity contribution in [3.8, 4) is 5.75 Å². The smallest absolute Gasteiger partial charge is 0.314 e. The number of ether oxygens (including phenoxy) is 1. The lowest BCUT2D eigenvalue weighted by molar-refractivity contribution is -0.138. The van der Waals surface area contributed by atoms with Crippen LogP contribution in [0.5, 0.6) is 5.75 Å². The standard InChI is InChI=1S/C24H24N4O3/c29-17-28(20-9-8-19(15-20)24(30)31-21-5-2-1-3-6-21)22-7-4-12-26-23(22)27-16-18-10-13-25-14-11-18/h1-7,10-14,17,19-20H,8-9,15-16H2,(H,26,27). The fourth-order valence-corrected chi connectivity index (χ4v) is 3.88. The van der Waals surface area contributed by atoms with Gasteiger partial charge in [-0.3, -0.25) is 14.6 Å². The fourth-order valence-electron chi connectivity index (χ4n) is 3.88. The third-order valence-electron chi connectivity index (χ3n) is 5.48. The van der Waals surface area contributed by atoms with Gasteiger partial charge in [-0.05, 0) is 61.2 Å². The summed E-state index contributed by atoms with van der Waals surface area (Å²) in [5, 5.41) is 3.30. The summed E-state index contributed by atoms with van der Waals surface area (Å²) in [7, 11) is 0. The second-order valence-corrected chi connectivity index (χ2v) is 7.49. The maximum Gasteiger partial charge on any atom is 0.314 e. The number of esters is 1. The SMILES string of the molecule is O=CN(c1cccnc1NCc1ccncc1)C1CCC(C(=O)Oc2ccccc2)C1. The van der Waals surface area contributed by atoms with Gasteiger partial charge in [-0.1, -0.05) is 18.2 Å². The summed E-state index contributed by atoms with van der Waals surface area (Å²) in [6.45, 7) is 0.565. The van der Waals surface area contributed by atoms with Crippen molar-refractivity contribution in [1.29, 1.82) is 0 Å². The van der Waals surface area contributed by atoms with Crippen LogP contribution in [0.3, 0.4) is 0 Å². The van der Waals surface area contributed by atoms with E-state index in [1.807, 2.05) is 36.4 Å². The first-order valence-electron chi connectivity index (χ1n) is 10.3. The Bertz CT molecular complexity index is 1010. The second kappa shape index (κ2) is 9.84. The zero-order valence-corrected chi connectivity index (χ0v) is 17.1. The first-order valence-corrected chi connectivity index (χ1v) is 10.3. The molecule has 1 N–H and O–H groups in total. The highest BCUT2D eigenvalue weighted by Crippen LogP contribution is 2.35. The van der Waals surface area contributed by atoms with Crippen LogP contribution in [0, 0.1) is 5.92 Å². The first-order chi connectivity index (χ1) is 15.2. The van der Waals surface area contributed by atoms with Crippen LogP contribution in [0.15, 0.2) is 73.2 Å². The van der Waals surface area contributed by atoms with Crippen molar-refractivity contribution in [2.24, 2.45) is 5.92 Å². The lowest BCUT2D eigenvalue weighted by Crippen LogP contribution is -2.33. The first kappa shape index (κ1) is 20.5. The summed E-state index contributed by atoms with van der Waals surface area (Å²) >= 11 is 0. The van der Waals surface area contributed by atoms with Gasteiger partial charge < -0.3 is 15.0 Å². The van der Waals surface area contributed by atoms with E-state index in [0.29, 0.717) is 36.6 Å². The van der Waals surface area contributed by atoms with Gasteiger partial charge in [0.05, 0.1) is 11.6 Å². The number of carbonyl (C=O) groups is 2. The molecule has 1 aromatic carbocycles. The average Bonchev–Trinajstić information content (AvgIpc) is 3.30. The highest BCUT2D eigenvalue weighted by molar-refractivity contribution is 5.83. The van der Waals surface area contributed by atoms with Crippen molar-refractivity contribution in [3.63, 3.8) is 0 Å². The van der Waals surface area contributed by atoms with E-state index < -0.39 is 0 Å². The lowest BCUT2D eigenvalue weighted by Gasteiger charge is -2.26. The van der Waals surface area contributed by atoms with E-state index in [9.17, 15) is 9.59 Å². The van der Waals surface area contributed by atoms with Gasteiger partial charge in [0.1, 0.15) is 11.6 Å². The zero-order chi connectivity index (χ0) is 21.5. The number of rotatable bonds is 8. The van der Waals surface area contributed by atoms with E-state index in [1.165, 1.54) is 0 Å². The number of pyridine rings is 2. The highest BCUT2D eigenvalue weighted by Gasteiger charge is 2.35. The number of para-hydroxylation sites is 1. The number of aromatic nitrogens is 2. The summed E-state index contributed by atoms with van der Waals surface area (Å²) < 4.78 is 5.50. The van der Waals surface area contributed by atoms with Crippen LogP contribution in [0.2, 0.25) is 0 Å². The zero-order valence-electron chi connectivity index (χ0n) is 17.1. The lowest BCUT2D eigenvalue weighted by atomic mass is 10.1. The van der Waals surface area contributed by atoms with E-state index in [0.717, 1.165) is 18.4 Å². The molecule has 7 nitrogen and oxygen atoms in total. The summed E-state index contributed by atoms with van der Waals surface area (Å²) in [5.41, 5.74) is 1.77. The normalized spacial score (nSPS) is 17.7. The molecular weight excluding hydrogens is 392 g/mol. The number of nitrogens with zero attached hydrogens (tertiary/aromatic N) is 3. The van der Waals surface area contributed by atoms with Gasteiger partial charge in [0, 0.05) is 31.2 Å². The van der Waals surface area contributed by atoms with Gasteiger partial charge in [-0.25, -0.2) is 4.98 Å². The highest BCUT2D eigenvalue weighted by atomic mass is 16.5. The average molecular weight is 416 g/mol. The van der Waals surface area contributed by atoms with Crippen molar-refractivity contribution in [3.05, 3.63) is 78.8 Å². The maximum atomic E-state index is 12.6. The number of nitrogens with one attached hydrogen (secondary N) is 1. The number of anilines is 2. The molecule has 1 aliphatic carbocycles. The van der Waals surface area contributed by atoms with E-state index >= 15 is 0 Å². The third kappa shape index (κ3) is 5.06. The molecule has 158 valence electrons. The van der Waals surface area contributed by atoms with Gasteiger partial charge in [0.2, 0.25) is 6.41 Å². The van der Waals surface area contributed by atoms with Gasteiger partial charge in [0.15, 0.2) is 0 Å². The van der Waals surface area contributed by atoms with Crippen molar-refractivity contribution < 1.29 is 14.3 Å². The van der Waals surface area contributed by atoms with E-state index in [4.69, 9.17) is 4.74 Å².